The van der Waals surface area contributed by atoms with Crippen molar-refractivity contribution in [2.45, 2.75) is 39.2 Å². The quantitative estimate of drug-likeness (QED) is 0.868. The summed E-state index contributed by atoms with van der Waals surface area (Å²) in [6, 6.07) is 4.74. The van der Waals surface area contributed by atoms with Crippen LogP contribution >= 0.6 is 0 Å². The number of carbonyl (C=O) groups is 2. The minimum atomic E-state index is -0.486. The van der Waals surface area contributed by atoms with Crippen LogP contribution in [0.4, 0.5) is 10.1 Å². The van der Waals surface area contributed by atoms with E-state index in [1.807, 2.05) is 11.8 Å². The number of carbonyl (C=O) groups excluding carboxylic acids is 2. The molecule has 0 radical (unpaired) electrons. The van der Waals surface area contributed by atoms with Crippen LogP contribution in [0.15, 0.2) is 18.2 Å². The molecule has 1 saturated heterocycles. The van der Waals surface area contributed by atoms with Gasteiger partial charge in [-0.2, -0.15) is 0 Å². The van der Waals surface area contributed by atoms with E-state index in [1.54, 1.807) is 12.1 Å². The van der Waals surface area contributed by atoms with Gasteiger partial charge in [-0.05, 0) is 31.9 Å². The van der Waals surface area contributed by atoms with Gasteiger partial charge in [0.25, 0.3) is 0 Å². The van der Waals surface area contributed by atoms with Crippen molar-refractivity contribution in [2.75, 3.05) is 18.0 Å². The highest BCUT2D eigenvalue weighted by Gasteiger charge is 2.24. The number of hydrogen-bond acceptors (Lipinski definition) is 3. The van der Waals surface area contributed by atoms with E-state index in [2.05, 4.69) is 5.32 Å². The average molecular weight is 292 g/mol. The summed E-state index contributed by atoms with van der Waals surface area (Å²) >= 11 is 0. The number of amides is 1. The molecule has 1 atom stereocenters. The van der Waals surface area contributed by atoms with Gasteiger partial charge in [0.1, 0.15) is 5.82 Å². The molecule has 1 fully saturated rings. The van der Waals surface area contributed by atoms with Gasteiger partial charge in [0.2, 0.25) is 5.91 Å². The highest BCUT2D eigenvalue weighted by atomic mass is 19.1. The molecule has 0 aromatic heterocycles. The highest BCUT2D eigenvalue weighted by molar-refractivity contribution is 6.00. The predicted octanol–water partition coefficient (Wildman–Crippen LogP) is 2.52. The molecule has 1 aliphatic heterocycles. The van der Waals surface area contributed by atoms with E-state index in [-0.39, 0.29) is 23.3 Å². The average Bonchev–Trinajstić information content (AvgIpc) is 2.46. The summed E-state index contributed by atoms with van der Waals surface area (Å²) in [5, 5.41) is 2.97. The van der Waals surface area contributed by atoms with Gasteiger partial charge in [0.15, 0.2) is 5.78 Å². The molecule has 0 unspecified atom stereocenters. The SMILES string of the molecule is CCC(=O)N[C@@H]1CCCN(c2cccc(F)c2C(C)=O)C1. The fourth-order valence-electron chi connectivity index (χ4n) is 2.77. The van der Waals surface area contributed by atoms with Crippen molar-refractivity contribution in [3.8, 4) is 0 Å². The summed E-state index contributed by atoms with van der Waals surface area (Å²) in [4.78, 5) is 25.2. The Morgan fingerprint density at radius 1 is 1.43 bits per heavy atom. The minimum Gasteiger partial charge on any atom is -0.369 e. The van der Waals surface area contributed by atoms with Crippen molar-refractivity contribution in [1.29, 1.82) is 0 Å². The van der Waals surface area contributed by atoms with Gasteiger partial charge in [0, 0.05) is 25.6 Å². The largest absolute Gasteiger partial charge is 0.369 e. The number of hydrogen-bond donors (Lipinski definition) is 1. The number of anilines is 1. The van der Waals surface area contributed by atoms with Crippen LogP contribution in [0.1, 0.15) is 43.5 Å². The zero-order chi connectivity index (χ0) is 15.4. The topological polar surface area (TPSA) is 49.4 Å². The van der Waals surface area contributed by atoms with E-state index in [1.165, 1.54) is 13.0 Å². The first kappa shape index (κ1) is 15.5. The minimum absolute atomic E-state index is 0.0212. The Labute approximate surface area is 124 Å². The van der Waals surface area contributed by atoms with E-state index < -0.39 is 5.82 Å². The zero-order valence-corrected chi connectivity index (χ0v) is 12.5. The summed E-state index contributed by atoms with van der Waals surface area (Å²) in [6.07, 6.45) is 2.27. The number of nitrogens with one attached hydrogen (secondary N) is 1. The summed E-state index contributed by atoms with van der Waals surface area (Å²) in [6.45, 7) is 4.57. The number of piperidine rings is 1. The summed E-state index contributed by atoms with van der Waals surface area (Å²) in [5.41, 5.74) is 0.762. The normalized spacial score (nSPS) is 18.4. The number of halogens is 1. The summed E-state index contributed by atoms with van der Waals surface area (Å²) in [7, 11) is 0. The molecule has 0 spiro atoms. The number of ketones is 1. The van der Waals surface area contributed by atoms with Crippen molar-refractivity contribution < 1.29 is 14.0 Å². The second-order valence-corrected chi connectivity index (χ2v) is 5.40. The van der Waals surface area contributed by atoms with Crippen molar-refractivity contribution in [3.05, 3.63) is 29.6 Å². The summed E-state index contributed by atoms with van der Waals surface area (Å²) in [5.74, 6) is -0.740. The number of rotatable bonds is 4. The van der Waals surface area contributed by atoms with Crippen LogP contribution in [0, 0.1) is 5.82 Å². The lowest BCUT2D eigenvalue weighted by Gasteiger charge is -2.35. The molecular formula is C16H21FN2O2. The number of nitrogens with zero attached hydrogens (tertiary/aromatic N) is 1. The van der Waals surface area contributed by atoms with Gasteiger partial charge in [-0.1, -0.05) is 13.0 Å². The molecule has 1 aromatic carbocycles. The molecule has 1 aromatic rings. The zero-order valence-electron chi connectivity index (χ0n) is 12.5. The lowest BCUT2D eigenvalue weighted by molar-refractivity contribution is -0.121. The van der Waals surface area contributed by atoms with Gasteiger partial charge in [-0.25, -0.2) is 4.39 Å². The van der Waals surface area contributed by atoms with Crippen LogP contribution in [0.2, 0.25) is 0 Å². The van der Waals surface area contributed by atoms with Crippen LogP contribution in [0.3, 0.4) is 0 Å². The Morgan fingerprint density at radius 2 is 2.19 bits per heavy atom. The van der Waals surface area contributed by atoms with Gasteiger partial charge in [-0.3, -0.25) is 9.59 Å². The maximum atomic E-state index is 13.9. The maximum Gasteiger partial charge on any atom is 0.219 e. The third kappa shape index (κ3) is 3.60. The maximum absolute atomic E-state index is 13.9. The third-order valence-corrected chi connectivity index (χ3v) is 3.79. The molecule has 1 amide bonds. The van der Waals surface area contributed by atoms with Crippen molar-refractivity contribution in [3.63, 3.8) is 0 Å². The van der Waals surface area contributed by atoms with Gasteiger partial charge < -0.3 is 10.2 Å². The number of benzene rings is 1. The Kier molecular flexibility index (Phi) is 4.94. The molecule has 0 bridgehead atoms. The Morgan fingerprint density at radius 3 is 2.86 bits per heavy atom. The molecule has 1 N–H and O–H groups in total. The number of Topliss-reactive ketones (excluding diaryl/α,β-unsaturated/α-hetero) is 1. The molecule has 0 saturated carbocycles. The first-order chi connectivity index (χ1) is 10.0. The molecule has 5 heteroatoms. The van der Waals surface area contributed by atoms with E-state index in [0.29, 0.717) is 18.7 Å². The molecule has 21 heavy (non-hydrogen) atoms. The second kappa shape index (κ2) is 6.70. The van der Waals surface area contributed by atoms with E-state index in [4.69, 9.17) is 0 Å². The molecule has 2 rings (SSSR count). The Hall–Kier alpha value is -1.91. The highest BCUT2D eigenvalue weighted by Crippen LogP contribution is 2.26. The molecule has 1 aliphatic rings. The van der Waals surface area contributed by atoms with Crippen molar-refractivity contribution in [2.24, 2.45) is 0 Å². The van der Waals surface area contributed by atoms with Gasteiger partial charge >= 0.3 is 0 Å². The molecular weight excluding hydrogens is 271 g/mol. The first-order valence-corrected chi connectivity index (χ1v) is 7.36. The first-order valence-electron chi connectivity index (χ1n) is 7.36. The smallest absolute Gasteiger partial charge is 0.219 e. The Bertz CT molecular complexity index is 545. The van der Waals surface area contributed by atoms with Crippen LogP contribution in [-0.4, -0.2) is 30.8 Å². The molecule has 1 heterocycles. The Balaban J connectivity index is 2.20. The van der Waals surface area contributed by atoms with E-state index in [0.717, 1.165) is 19.4 Å². The predicted molar refractivity (Wildman–Crippen MR) is 80.1 cm³/mol. The fraction of sp³-hybridized carbons (Fsp3) is 0.500. The van der Waals surface area contributed by atoms with Crippen LogP contribution in [0.25, 0.3) is 0 Å². The van der Waals surface area contributed by atoms with Crippen molar-refractivity contribution >= 4 is 17.4 Å². The monoisotopic (exact) mass is 292 g/mol. The molecule has 0 aliphatic carbocycles. The van der Waals surface area contributed by atoms with E-state index >= 15 is 0 Å². The van der Waals surface area contributed by atoms with Crippen molar-refractivity contribution in [1.82, 2.24) is 5.32 Å². The molecule has 4 nitrogen and oxygen atoms in total. The summed E-state index contributed by atoms with van der Waals surface area (Å²) < 4.78 is 13.9. The van der Waals surface area contributed by atoms with Gasteiger partial charge in [0.05, 0.1) is 11.3 Å². The standard InChI is InChI=1S/C16H21FN2O2/c1-3-15(21)18-12-6-5-9-19(10-12)14-8-4-7-13(17)16(14)11(2)20/h4,7-8,12H,3,5-6,9-10H2,1-2H3,(H,18,21)/t12-/m1/s1. The second-order valence-electron chi connectivity index (χ2n) is 5.40. The van der Waals surface area contributed by atoms with Crippen LogP contribution in [-0.2, 0) is 4.79 Å². The third-order valence-electron chi connectivity index (χ3n) is 3.79. The lowest BCUT2D eigenvalue weighted by Crippen LogP contribution is -2.48. The van der Waals surface area contributed by atoms with Crippen LogP contribution < -0.4 is 10.2 Å². The lowest BCUT2D eigenvalue weighted by atomic mass is 10.0. The van der Waals surface area contributed by atoms with Crippen LogP contribution in [0.5, 0.6) is 0 Å². The van der Waals surface area contributed by atoms with E-state index in [9.17, 15) is 14.0 Å². The molecule has 114 valence electrons. The fourth-order valence-corrected chi connectivity index (χ4v) is 2.77. The van der Waals surface area contributed by atoms with Gasteiger partial charge in [-0.15, -0.1) is 0 Å².